The molecule has 94 valence electrons. The Kier molecular flexibility index (Phi) is 4.36. The van der Waals surface area contributed by atoms with Crippen molar-refractivity contribution in [2.45, 2.75) is 46.6 Å². The highest BCUT2D eigenvalue weighted by Crippen LogP contribution is 2.27. The van der Waals surface area contributed by atoms with Crippen molar-refractivity contribution in [1.29, 1.82) is 0 Å². The number of esters is 1. The maximum atomic E-state index is 11.8. The number of nitrogens with zero attached hydrogens (tertiary/aromatic N) is 1. The van der Waals surface area contributed by atoms with E-state index in [1.165, 1.54) is 13.5 Å². The lowest BCUT2D eigenvalue weighted by atomic mass is 9.87. The van der Waals surface area contributed by atoms with E-state index in [0.29, 0.717) is 5.92 Å². The number of hydrogen-bond acceptors (Lipinski definition) is 3. The SMILES string of the molecule is COC(=O)[C@H]1[C@H](C)CCCN1CC(C)(C)C. The van der Waals surface area contributed by atoms with Gasteiger partial charge in [-0.05, 0) is 30.7 Å². The summed E-state index contributed by atoms with van der Waals surface area (Å²) in [5, 5.41) is 0. The molecule has 0 N–H and O–H groups in total. The van der Waals surface area contributed by atoms with Crippen molar-refractivity contribution in [3.63, 3.8) is 0 Å². The Morgan fingerprint density at radius 2 is 2.06 bits per heavy atom. The van der Waals surface area contributed by atoms with Gasteiger partial charge in [0.05, 0.1) is 7.11 Å². The molecule has 0 aromatic rings. The second-order valence-corrected chi connectivity index (χ2v) is 6.12. The van der Waals surface area contributed by atoms with E-state index in [1.807, 2.05) is 0 Å². The molecule has 2 atom stereocenters. The number of likely N-dealkylation sites (tertiary alicyclic amines) is 1. The van der Waals surface area contributed by atoms with E-state index < -0.39 is 0 Å². The highest BCUT2D eigenvalue weighted by Gasteiger charge is 2.36. The molecule has 1 fully saturated rings. The standard InChI is InChI=1S/C13H25NO2/c1-10-7-6-8-14(9-13(2,3)4)11(10)12(15)16-5/h10-11H,6-9H2,1-5H3/t10-,11-/m1/s1. The first-order valence-electron chi connectivity index (χ1n) is 6.17. The molecule has 0 saturated carbocycles. The number of piperidine rings is 1. The molecule has 3 nitrogen and oxygen atoms in total. The van der Waals surface area contributed by atoms with Gasteiger partial charge in [0.2, 0.25) is 0 Å². The molecule has 16 heavy (non-hydrogen) atoms. The highest BCUT2D eigenvalue weighted by atomic mass is 16.5. The molecule has 0 bridgehead atoms. The Balaban J connectivity index is 2.74. The summed E-state index contributed by atoms with van der Waals surface area (Å²) in [4.78, 5) is 14.1. The molecular weight excluding hydrogens is 202 g/mol. The van der Waals surface area contributed by atoms with Gasteiger partial charge in [-0.15, -0.1) is 0 Å². The summed E-state index contributed by atoms with van der Waals surface area (Å²) >= 11 is 0. The van der Waals surface area contributed by atoms with E-state index in [2.05, 4.69) is 32.6 Å². The zero-order chi connectivity index (χ0) is 12.3. The second-order valence-electron chi connectivity index (χ2n) is 6.12. The number of carbonyl (C=O) groups excluding carboxylic acids is 1. The average molecular weight is 227 g/mol. The average Bonchev–Trinajstić information content (AvgIpc) is 2.14. The third-order valence-corrected chi connectivity index (χ3v) is 3.16. The minimum atomic E-state index is -0.0727. The largest absolute Gasteiger partial charge is 0.468 e. The smallest absolute Gasteiger partial charge is 0.323 e. The van der Waals surface area contributed by atoms with Crippen molar-refractivity contribution in [1.82, 2.24) is 4.90 Å². The molecule has 1 aliphatic heterocycles. The van der Waals surface area contributed by atoms with Crippen LogP contribution in [0.5, 0.6) is 0 Å². The van der Waals surface area contributed by atoms with Gasteiger partial charge in [0, 0.05) is 6.54 Å². The Bertz CT molecular complexity index is 245. The molecule has 0 unspecified atom stereocenters. The zero-order valence-corrected chi connectivity index (χ0v) is 11.2. The summed E-state index contributed by atoms with van der Waals surface area (Å²) in [6, 6.07) is -0.0435. The predicted octanol–water partition coefficient (Wildman–Crippen LogP) is 2.31. The minimum Gasteiger partial charge on any atom is -0.468 e. The van der Waals surface area contributed by atoms with Crippen LogP contribution >= 0.6 is 0 Å². The van der Waals surface area contributed by atoms with Gasteiger partial charge in [-0.2, -0.15) is 0 Å². The first kappa shape index (κ1) is 13.5. The fourth-order valence-corrected chi connectivity index (χ4v) is 2.56. The second kappa shape index (κ2) is 5.17. The molecular formula is C13H25NO2. The van der Waals surface area contributed by atoms with Gasteiger partial charge in [0.25, 0.3) is 0 Å². The normalized spacial score (nSPS) is 27.8. The molecule has 3 heteroatoms. The minimum absolute atomic E-state index is 0.0435. The van der Waals surface area contributed by atoms with Crippen LogP contribution in [0.2, 0.25) is 0 Å². The van der Waals surface area contributed by atoms with Gasteiger partial charge in [-0.3, -0.25) is 9.69 Å². The summed E-state index contributed by atoms with van der Waals surface area (Å²) in [6.07, 6.45) is 2.31. The number of methoxy groups -OCH3 is 1. The van der Waals surface area contributed by atoms with Crippen LogP contribution in [0.25, 0.3) is 0 Å². The molecule has 1 heterocycles. The van der Waals surface area contributed by atoms with E-state index in [1.54, 1.807) is 0 Å². The van der Waals surface area contributed by atoms with Crippen LogP contribution in [0, 0.1) is 11.3 Å². The Hall–Kier alpha value is -0.570. The van der Waals surface area contributed by atoms with Crippen LogP contribution in [0.3, 0.4) is 0 Å². The summed E-state index contributed by atoms with van der Waals surface area (Å²) in [5.41, 5.74) is 0.226. The van der Waals surface area contributed by atoms with Gasteiger partial charge >= 0.3 is 5.97 Å². The number of ether oxygens (including phenoxy) is 1. The molecule has 0 aliphatic carbocycles. The van der Waals surface area contributed by atoms with Crippen LogP contribution in [-0.2, 0) is 9.53 Å². The van der Waals surface area contributed by atoms with Gasteiger partial charge < -0.3 is 4.74 Å². The first-order valence-corrected chi connectivity index (χ1v) is 6.17. The van der Waals surface area contributed by atoms with E-state index in [0.717, 1.165) is 19.5 Å². The number of carbonyl (C=O) groups is 1. The van der Waals surface area contributed by atoms with E-state index in [-0.39, 0.29) is 17.4 Å². The monoisotopic (exact) mass is 227 g/mol. The fraction of sp³-hybridized carbons (Fsp3) is 0.923. The summed E-state index contributed by atoms with van der Waals surface area (Å²) < 4.78 is 4.92. The van der Waals surface area contributed by atoms with E-state index in [4.69, 9.17) is 4.74 Å². The molecule has 0 aromatic carbocycles. The van der Waals surface area contributed by atoms with Crippen LogP contribution in [0.15, 0.2) is 0 Å². The summed E-state index contributed by atoms with van der Waals surface area (Å²) in [7, 11) is 1.49. The first-order chi connectivity index (χ1) is 7.35. The van der Waals surface area contributed by atoms with Crippen LogP contribution < -0.4 is 0 Å². The van der Waals surface area contributed by atoms with Gasteiger partial charge in [-0.1, -0.05) is 27.7 Å². The Morgan fingerprint density at radius 3 is 2.56 bits per heavy atom. The third kappa shape index (κ3) is 3.48. The lowest BCUT2D eigenvalue weighted by molar-refractivity contribution is -0.151. The lowest BCUT2D eigenvalue weighted by Gasteiger charge is -2.41. The van der Waals surface area contributed by atoms with Crippen LogP contribution in [0.4, 0.5) is 0 Å². The maximum Gasteiger partial charge on any atom is 0.323 e. The van der Waals surface area contributed by atoms with Gasteiger partial charge in [-0.25, -0.2) is 0 Å². The van der Waals surface area contributed by atoms with Crippen molar-refractivity contribution in [2.24, 2.45) is 11.3 Å². The summed E-state index contributed by atoms with van der Waals surface area (Å²) in [6.45, 7) is 10.7. The lowest BCUT2D eigenvalue weighted by Crippen LogP contribution is -2.52. The van der Waals surface area contributed by atoms with Crippen LogP contribution in [-0.4, -0.2) is 37.1 Å². The van der Waals surface area contributed by atoms with Gasteiger partial charge in [0.1, 0.15) is 6.04 Å². The van der Waals surface area contributed by atoms with Crippen molar-refractivity contribution < 1.29 is 9.53 Å². The quantitative estimate of drug-likeness (QED) is 0.678. The van der Waals surface area contributed by atoms with E-state index >= 15 is 0 Å². The van der Waals surface area contributed by atoms with Crippen molar-refractivity contribution in [3.8, 4) is 0 Å². The topological polar surface area (TPSA) is 29.5 Å². The fourth-order valence-electron chi connectivity index (χ4n) is 2.56. The molecule has 0 aromatic heterocycles. The van der Waals surface area contributed by atoms with Gasteiger partial charge in [0.15, 0.2) is 0 Å². The van der Waals surface area contributed by atoms with Crippen molar-refractivity contribution >= 4 is 5.97 Å². The number of hydrogen-bond donors (Lipinski definition) is 0. The molecule has 1 saturated heterocycles. The third-order valence-electron chi connectivity index (χ3n) is 3.16. The van der Waals surface area contributed by atoms with E-state index in [9.17, 15) is 4.79 Å². The molecule has 0 amide bonds. The predicted molar refractivity (Wildman–Crippen MR) is 65.2 cm³/mol. The zero-order valence-electron chi connectivity index (χ0n) is 11.2. The molecule has 1 aliphatic rings. The molecule has 1 rings (SSSR count). The highest BCUT2D eigenvalue weighted by molar-refractivity contribution is 5.76. The number of rotatable bonds is 2. The van der Waals surface area contributed by atoms with Crippen LogP contribution in [0.1, 0.15) is 40.5 Å². The Morgan fingerprint density at radius 1 is 1.44 bits per heavy atom. The maximum absolute atomic E-state index is 11.8. The van der Waals surface area contributed by atoms with Crippen molar-refractivity contribution in [3.05, 3.63) is 0 Å². The van der Waals surface area contributed by atoms with Crippen molar-refractivity contribution in [2.75, 3.05) is 20.2 Å². The Labute approximate surface area is 99.1 Å². The molecule has 0 radical (unpaired) electrons. The molecule has 0 spiro atoms. The summed E-state index contributed by atoms with van der Waals surface area (Å²) in [5.74, 6) is 0.333.